The van der Waals surface area contributed by atoms with E-state index in [9.17, 15) is 0 Å². The Labute approximate surface area is 185 Å². The van der Waals surface area contributed by atoms with E-state index >= 15 is 0 Å². The molecule has 0 saturated heterocycles. The van der Waals surface area contributed by atoms with E-state index in [1.54, 1.807) is 0 Å². The molecule has 0 saturated carbocycles. The van der Waals surface area contributed by atoms with Crippen LogP contribution in [0.1, 0.15) is 11.1 Å². The van der Waals surface area contributed by atoms with Gasteiger partial charge < -0.3 is 4.74 Å². The number of allylic oxidation sites excluding steroid dienone is 2. The molecule has 4 aromatic rings. The molecule has 4 aromatic carbocycles. The van der Waals surface area contributed by atoms with Crippen molar-refractivity contribution in [2.24, 2.45) is 0 Å². The molecule has 31 heavy (non-hydrogen) atoms. The Balaban J connectivity index is 1.87. The predicted molar refractivity (Wildman–Crippen MR) is 132 cm³/mol. The SMILES string of the molecule is C=CCc1cccc(Oc2cccc(CC=C)c2-c2ccccc2)c1-c1ccccc1. The van der Waals surface area contributed by atoms with Crippen LogP contribution in [-0.4, -0.2) is 0 Å². The summed E-state index contributed by atoms with van der Waals surface area (Å²) in [5, 5.41) is 0. The van der Waals surface area contributed by atoms with Gasteiger partial charge in [0.25, 0.3) is 0 Å². The van der Waals surface area contributed by atoms with Crippen molar-refractivity contribution in [3.8, 4) is 33.8 Å². The van der Waals surface area contributed by atoms with E-state index in [1.165, 1.54) is 11.1 Å². The topological polar surface area (TPSA) is 9.23 Å². The quantitative estimate of drug-likeness (QED) is 0.269. The molecule has 0 heterocycles. The van der Waals surface area contributed by atoms with E-state index in [-0.39, 0.29) is 0 Å². The maximum atomic E-state index is 6.65. The lowest BCUT2D eigenvalue weighted by Gasteiger charge is -2.19. The van der Waals surface area contributed by atoms with Crippen LogP contribution in [0.2, 0.25) is 0 Å². The molecule has 0 unspecified atom stereocenters. The molecule has 0 fully saturated rings. The fraction of sp³-hybridized carbons (Fsp3) is 0.0667. The summed E-state index contributed by atoms with van der Waals surface area (Å²) in [4.78, 5) is 0. The summed E-state index contributed by atoms with van der Waals surface area (Å²) in [5.41, 5.74) is 6.88. The van der Waals surface area contributed by atoms with Gasteiger partial charge in [0.1, 0.15) is 11.5 Å². The Kier molecular flexibility index (Phi) is 6.44. The van der Waals surface area contributed by atoms with Gasteiger partial charge in [-0.1, -0.05) is 97.1 Å². The van der Waals surface area contributed by atoms with Crippen LogP contribution < -0.4 is 4.74 Å². The molecule has 0 bridgehead atoms. The zero-order valence-electron chi connectivity index (χ0n) is 17.6. The van der Waals surface area contributed by atoms with Crippen molar-refractivity contribution in [3.63, 3.8) is 0 Å². The molecule has 0 N–H and O–H groups in total. The second-order valence-electron chi connectivity index (χ2n) is 7.40. The lowest BCUT2D eigenvalue weighted by Crippen LogP contribution is -1.97. The van der Waals surface area contributed by atoms with Gasteiger partial charge in [0, 0.05) is 11.1 Å². The molecule has 0 atom stereocenters. The first kappa shape index (κ1) is 20.4. The molecule has 0 aliphatic carbocycles. The van der Waals surface area contributed by atoms with Crippen LogP contribution in [0.3, 0.4) is 0 Å². The number of rotatable bonds is 8. The molecule has 1 heteroatoms. The maximum absolute atomic E-state index is 6.65. The average molecular weight is 403 g/mol. The van der Waals surface area contributed by atoms with E-state index in [0.717, 1.165) is 46.6 Å². The van der Waals surface area contributed by atoms with Gasteiger partial charge in [0.2, 0.25) is 0 Å². The van der Waals surface area contributed by atoms with Crippen molar-refractivity contribution >= 4 is 0 Å². The van der Waals surface area contributed by atoms with Gasteiger partial charge in [0.05, 0.1) is 0 Å². The summed E-state index contributed by atoms with van der Waals surface area (Å²) in [6.07, 6.45) is 5.43. The third-order valence-electron chi connectivity index (χ3n) is 5.30. The summed E-state index contributed by atoms with van der Waals surface area (Å²) >= 11 is 0. The van der Waals surface area contributed by atoms with E-state index in [4.69, 9.17) is 4.74 Å². The summed E-state index contributed by atoms with van der Waals surface area (Å²) in [7, 11) is 0. The van der Waals surface area contributed by atoms with E-state index in [0.29, 0.717) is 0 Å². The van der Waals surface area contributed by atoms with E-state index in [1.807, 2.05) is 36.4 Å². The second-order valence-corrected chi connectivity index (χ2v) is 7.40. The Morgan fingerprint density at radius 2 is 0.935 bits per heavy atom. The molecule has 0 amide bonds. The van der Waals surface area contributed by atoms with Crippen LogP contribution in [0, 0.1) is 0 Å². The number of ether oxygens (including phenoxy) is 1. The van der Waals surface area contributed by atoms with Crippen molar-refractivity contribution < 1.29 is 4.74 Å². The minimum Gasteiger partial charge on any atom is -0.456 e. The largest absolute Gasteiger partial charge is 0.456 e. The summed E-state index contributed by atoms with van der Waals surface area (Å²) < 4.78 is 6.65. The minimum absolute atomic E-state index is 0.781. The Bertz CT molecular complexity index is 1080. The van der Waals surface area contributed by atoms with Crippen molar-refractivity contribution in [1.29, 1.82) is 0 Å². The first-order chi connectivity index (χ1) is 15.3. The average Bonchev–Trinajstić information content (AvgIpc) is 2.81. The summed E-state index contributed by atoms with van der Waals surface area (Å²) in [6, 6.07) is 33.3. The highest BCUT2D eigenvalue weighted by Crippen LogP contribution is 2.41. The van der Waals surface area contributed by atoms with Gasteiger partial charge in [-0.15, -0.1) is 13.2 Å². The molecule has 0 radical (unpaired) electrons. The van der Waals surface area contributed by atoms with Crippen molar-refractivity contribution in [1.82, 2.24) is 0 Å². The number of benzene rings is 4. The molecule has 1 nitrogen and oxygen atoms in total. The highest BCUT2D eigenvalue weighted by Gasteiger charge is 2.16. The first-order valence-electron chi connectivity index (χ1n) is 10.6. The van der Waals surface area contributed by atoms with Gasteiger partial charge in [-0.25, -0.2) is 0 Å². The van der Waals surface area contributed by atoms with Crippen LogP contribution in [0.15, 0.2) is 122 Å². The Morgan fingerprint density at radius 3 is 1.32 bits per heavy atom. The van der Waals surface area contributed by atoms with Crippen molar-refractivity contribution in [3.05, 3.63) is 133 Å². The predicted octanol–water partition coefficient (Wildman–Crippen LogP) is 8.27. The minimum atomic E-state index is 0.781. The van der Waals surface area contributed by atoms with Crippen molar-refractivity contribution in [2.75, 3.05) is 0 Å². The lowest BCUT2D eigenvalue weighted by atomic mass is 9.95. The zero-order chi connectivity index (χ0) is 21.5. The fourth-order valence-electron chi connectivity index (χ4n) is 3.96. The Morgan fingerprint density at radius 1 is 0.516 bits per heavy atom. The Hall–Kier alpha value is -3.84. The van der Waals surface area contributed by atoms with Gasteiger partial charge in [0.15, 0.2) is 0 Å². The van der Waals surface area contributed by atoms with Crippen LogP contribution >= 0.6 is 0 Å². The van der Waals surface area contributed by atoms with Gasteiger partial charge >= 0.3 is 0 Å². The van der Waals surface area contributed by atoms with Crippen molar-refractivity contribution in [2.45, 2.75) is 12.8 Å². The van der Waals surface area contributed by atoms with E-state index < -0.39 is 0 Å². The smallest absolute Gasteiger partial charge is 0.135 e. The van der Waals surface area contributed by atoms with Gasteiger partial charge in [-0.05, 0) is 47.2 Å². The zero-order valence-corrected chi connectivity index (χ0v) is 17.6. The van der Waals surface area contributed by atoms with E-state index in [2.05, 4.69) is 86.0 Å². The normalized spacial score (nSPS) is 10.5. The number of hydrogen-bond donors (Lipinski definition) is 0. The maximum Gasteiger partial charge on any atom is 0.135 e. The van der Waals surface area contributed by atoms with Crippen LogP contribution in [-0.2, 0) is 12.8 Å². The molecule has 0 aliphatic heterocycles. The molecular weight excluding hydrogens is 376 g/mol. The summed E-state index contributed by atoms with van der Waals surface area (Å²) in [6.45, 7) is 7.88. The molecule has 4 rings (SSSR count). The number of hydrogen-bond acceptors (Lipinski definition) is 1. The highest BCUT2D eigenvalue weighted by atomic mass is 16.5. The summed E-state index contributed by atoms with van der Waals surface area (Å²) in [5.74, 6) is 1.69. The molecule has 152 valence electrons. The monoisotopic (exact) mass is 402 g/mol. The van der Waals surface area contributed by atoms with Crippen LogP contribution in [0.5, 0.6) is 11.5 Å². The van der Waals surface area contributed by atoms with Crippen LogP contribution in [0.25, 0.3) is 22.3 Å². The standard InChI is InChI=1S/C30H26O/c1-3-13-23-19-11-21-27(29(23)25-15-7-5-8-16-25)31-28-22-12-20-24(14-4-2)30(28)26-17-9-6-10-18-26/h3-12,15-22H,1-2,13-14H2. The second kappa shape index (κ2) is 9.77. The van der Waals surface area contributed by atoms with Gasteiger partial charge in [-0.2, -0.15) is 0 Å². The highest BCUT2D eigenvalue weighted by molar-refractivity contribution is 5.78. The molecule has 0 aromatic heterocycles. The molecular formula is C30H26O. The third kappa shape index (κ3) is 4.51. The van der Waals surface area contributed by atoms with Gasteiger partial charge in [-0.3, -0.25) is 0 Å². The third-order valence-corrected chi connectivity index (χ3v) is 5.30. The fourth-order valence-corrected chi connectivity index (χ4v) is 3.96. The van der Waals surface area contributed by atoms with Crippen LogP contribution in [0.4, 0.5) is 0 Å². The molecule has 0 spiro atoms. The molecule has 0 aliphatic rings. The first-order valence-corrected chi connectivity index (χ1v) is 10.6. The lowest BCUT2D eigenvalue weighted by molar-refractivity contribution is 0.485.